The van der Waals surface area contributed by atoms with Gasteiger partial charge in [0.25, 0.3) is 0 Å². The fourth-order valence-electron chi connectivity index (χ4n) is 1.41. The Hall–Kier alpha value is -0.345. The topological polar surface area (TPSA) is 30.8 Å². The number of hydrogen-bond donors (Lipinski definition) is 0. The maximum Gasteiger partial charge on any atom is 0.466 e. The summed E-state index contributed by atoms with van der Waals surface area (Å²) >= 11 is 0. The van der Waals surface area contributed by atoms with E-state index >= 15 is 0 Å². The van der Waals surface area contributed by atoms with Crippen LogP contribution in [-0.4, -0.2) is 31.6 Å². The van der Waals surface area contributed by atoms with Gasteiger partial charge in [0.2, 0.25) is 0 Å². The molecule has 0 radical (unpaired) electrons. The first-order chi connectivity index (χ1) is 6.30. The molecule has 1 fully saturated rings. The van der Waals surface area contributed by atoms with E-state index in [2.05, 4.69) is 39.6 Å². The molecule has 0 amide bonds. The molecule has 0 aromatic heterocycles. The molecule has 0 bridgehead atoms. The van der Waals surface area contributed by atoms with Crippen molar-refractivity contribution in [3.63, 3.8) is 0 Å². The van der Waals surface area contributed by atoms with E-state index in [1.54, 1.807) is 7.05 Å². The van der Waals surface area contributed by atoms with Gasteiger partial charge in [0, 0.05) is 12.9 Å². The van der Waals surface area contributed by atoms with Crippen LogP contribution in [0.4, 0.5) is 0 Å². The van der Waals surface area contributed by atoms with Gasteiger partial charge in [0.05, 0.1) is 11.2 Å². The molecule has 1 aliphatic rings. The van der Waals surface area contributed by atoms with Crippen LogP contribution >= 0.6 is 0 Å². The number of nitrogens with zero attached hydrogens (tertiary/aromatic N) is 1. The minimum atomic E-state index is -0.243. The summed E-state index contributed by atoms with van der Waals surface area (Å²) in [6.45, 7) is 10.3. The van der Waals surface area contributed by atoms with Crippen LogP contribution in [0, 0.1) is 0 Å². The minimum absolute atomic E-state index is 0.177. The molecule has 0 spiro atoms. The standard InChI is InChI=1S/C10H20BNO2/c1-8(7-12-6)11-13-9(2,3)10(4,5)14-11/h7-8H,1-6H3. The molecule has 1 aliphatic heterocycles. The third kappa shape index (κ3) is 2.01. The lowest BCUT2D eigenvalue weighted by molar-refractivity contribution is 0.00578. The number of rotatable bonds is 2. The van der Waals surface area contributed by atoms with Crippen molar-refractivity contribution in [1.29, 1.82) is 0 Å². The zero-order valence-corrected chi connectivity index (χ0v) is 10.00. The van der Waals surface area contributed by atoms with Crippen LogP contribution in [-0.2, 0) is 9.31 Å². The quantitative estimate of drug-likeness (QED) is 0.501. The molecule has 0 aromatic rings. The molecular weight excluding hydrogens is 177 g/mol. The van der Waals surface area contributed by atoms with Gasteiger partial charge in [-0.2, -0.15) is 0 Å². The van der Waals surface area contributed by atoms with Crippen molar-refractivity contribution in [2.75, 3.05) is 7.05 Å². The first-order valence-electron chi connectivity index (χ1n) is 5.08. The molecule has 0 N–H and O–H groups in total. The van der Waals surface area contributed by atoms with E-state index in [1.165, 1.54) is 0 Å². The Balaban J connectivity index is 2.72. The van der Waals surface area contributed by atoms with Crippen molar-refractivity contribution in [2.24, 2.45) is 4.99 Å². The molecule has 1 rings (SSSR count). The zero-order valence-electron chi connectivity index (χ0n) is 10.00. The summed E-state index contributed by atoms with van der Waals surface area (Å²) in [6.07, 6.45) is 1.86. The highest BCUT2D eigenvalue weighted by Crippen LogP contribution is 2.39. The molecule has 3 nitrogen and oxygen atoms in total. The summed E-state index contributed by atoms with van der Waals surface area (Å²) in [5.41, 5.74) is -0.485. The molecule has 1 atom stereocenters. The van der Waals surface area contributed by atoms with Crippen molar-refractivity contribution >= 4 is 13.3 Å². The van der Waals surface area contributed by atoms with Gasteiger partial charge in [-0.1, -0.05) is 6.92 Å². The van der Waals surface area contributed by atoms with E-state index in [0.717, 1.165) is 0 Å². The third-order valence-corrected chi connectivity index (χ3v) is 3.08. The fourth-order valence-corrected chi connectivity index (χ4v) is 1.41. The predicted molar refractivity (Wildman–Crippen MR) is 59.9 cm³/mol. The Kier molecular flexibility index (Phi) is 3.07. The Morgan fingerprint density at radius 3 is 1.93 bits per heavy atom. The van der Waals surface area contributed by atoms with Gasteiger partial charge in [-0.3, -0.25) is 0 Å². The normalized spacial score (nSPS) is 27.1. The molecule has 80 valence electrons. The predicted octanol–water partition coefficient (Wildman–Crippen LogP) is 2.17. The van der Waals surface area contributed by atoms with Gasteiger partial charge >= 0.3 is 7.12 Å². The van der Waals surface area contributed by atoms with Gasteiger partial charge in [0.1, 0.15) is 0 Å². The Bertz CT molecular complexity index is 222. The van der Waals surface area contributed by atoms with Crippen LogP contribution in [0.25, 0.3) is 0 Å². The van der Waals surface area contributed by atoms with Gasteiger partial charge in [0.15, 0.2) is 0 Å². The summed E-state index contributed by atoms with van der Waals surface area (Å²) in [5, 5.41) is 0. The van der Waals surface area contributed by atoms with Crippen molar-refractivity contribution in [2.45, 2.75) is 51.6 Å². The van der Waals surface area contributed by atoms with Crippen molar-refractivity contribution < 1.29 is 9.31 Å². The SMILES string of the molecule is CN=CC(C)B1OC(C)(C)C(C)(C)O1. The Morgan fingerprint density at radius 2 is 1.57 bits per heavy atom. The monoisotopic (exact) mass is 197 g/mol. The van der Waals surface area contributed by atoms with Gasteiger partial charge in [-0.15, -0.1) is 0 Å². The second kappa shape index (κ2) is 3.67. The molecule has 0 aliphatic carbocycles. The second-order valence-electron chi connectivity index (χ2n) is 4.89. The number of hydrogen-bond acceptors (Lipinski definition) is 3. The molecule has 1 heterocycles. The molecule has 14 heavy (non-hydrogen) atoms. The lowest BCUT2D eigenvalue weighted by atomic mass is 9.74. The van der Waals surface area contributed by atoms with Crippen LogP contribution < -0.4 is 0 Å². The maximum atomic E-state index is 5.86. The summed E-state index contributed by atoms with van der Waals surface area (Å²) in [4.78, 5) is 3.99. The van der Waals surface area contributed by atoms with E-state index in [0.29, 0.717) is 0 Å². The molecule has 1 saturated heterocycles. The van der Waals surface area contributed by atoms with E-state index < -0.39 is 0 Å². The van der Waals surface area contributed by atoms with Gasteiger partial charge < -0.3 is 14.3 Å². The maximum absolute atomic E-state index is 5.86. The zero-order chi connectivity index (χ0) is 11.0. The Labute approximate surface area is 87.0 Å². The minimum Gasteiger partial charge on any atom is -0.403 e. The summed E-state index contributed by atoms with van der Waals surface area (Å²) < 4.78 is 11.7. The lowest BCUT2D eigenvalue weighted by Crippen LogP contribution is -2.41. The van der Waals surface area contributed by atoms with Crippen molar-refractivity contribution in [3.05, 3.63) is 0 Å². The highest BCUT2D eigenvalue weighted by Gasteiger charge is 2.52. The van der Waals surface area contributed by atoms with E-state index in [4.69, 9.17) is 9.31 Å². The van der Waals surface area contributed by atoms with Crippen LogP contribution in [0.15, 0.2) is 4.99 Å². The highest BCUT2D eigenvalue weighted by molar-refractivity contribution is 6.51. The molecular formula is C10H20BNO2. The first-order valence-corrected chi connectivity index (χ1v) is 5.08. The summed E-state index contributed by atoms with van der Waals surface area (Å²) in [7, 11) is 1.59. The highest BCUT2D eigenvalue weighted by atomic mass is 16.7. The lowest BCUT2D eigenvalue weighted by Gasteiger charge is -2.32. The van der Waals surface area contributed by atoms with E-state index in [9.17, 15) is 0 Å². The molecule has 1 unspecified atom stereocenters. The van der Waals surface area contributed by atoms with Crippen molar-refractivity contribution in [1.82, 2.24) is 0 Å². The van der Waals surface area contributed by atoms with Crippen LogP contribution in [0.3, 0.4) is 0 Å². The smallest absolute Gasteiger partial charge is 0.403 e. The summed E-state index contributed by atoms with van der Waals surface area (Å²) in [6, 6.07) is 0. The number of aliphatic imine (C=N–C) groups is 1. The summed E-state index contributed by atoms with van der Waals surface area (Å²) in [5.74, 6) is 0.195. The molecule has 4 heteroatoms. The van der Waals surface area contributed by atoms with E-state index in [1.807, 2.05) is 6.21 Å². The van der Waals surface area contributed by atoms with Crippen molar-refractivity contribution in [3.8, 4) is 0 Å². The van der Waals surface area contributed by atoms with Crippen LogP contribution in [0.5, 0.6) is 0 Å². The Morgan fingerprint density at radius 1 is 1.14 bits per heavy atom. The first kappa shape index (κ1) is 11.7. The van der Waals surface area contributed by atoms with Gasteiger partial charge in [-0.05, 0) is 33.9 Å². The van der Waals surface area contributed by atoms with Crippen LogP contribution in [0.1, 0.15) is 34.6 Å². The molecule has 0 aromatic carbocycles. The average molecular weight is 197 g/mol. The van der Waals surface area contributed by atoms with Gasteiger partial charge in [-0.25, -0.2) is 0 Å². The largest absolute Gasteiger partial charge is 0.466 e. The van der Waals surface area contributed by atoms with E-state index in [-0.39, 0.29) is 24.1 Å². The molecule has 0 saturated carbocycles. The third-order valence-electron chi connectivity index (χ3n) is 3.08. The fraction of sp³-hybridized carbons (Fsp3) is 0.900. The van der Waals surface area contributed by atoms with Crippen LogP contribution in [0.2, 0.25) is 5.82 Å². The second-order valence-corrected chi connectivity index (χ2v) is 4.89. The average Bonchev–Trinajstić information content (AvgIpc) is 2.22.